The molecular formula is C11H19N5O. The highest BCUT2D eigenvalue weighted by Gasteiger charge is 2.28. The monoisotopic (exact) mass is 237 g/mol. The van der Waals surface area contributed by atoms with Crippen LogP contribution in [0.3, 0.4) is 0 Å². The van der Waals surface area contributed by atoms with E-state index < -0.39 is 0 Å². The van der Waals surface area contributed by atoms with Crippen molar-refractivity contribution in [3.8, 4) is 0 Å². The molecule has 0 spiro atoms. The van der Waals surface area contributed by atoms with Gasteiger partial charge in [-0.1, -0.05) is 6.92 Å². The van der Waals surface area contributed by atoms with Gasteiger partial charge in [0.25, 0.3) is 5.91 Å². The van der Waals surface area contributed by atoms with E-state index in [1.54, 1.807) is 0 Å². The molecule has 6 nitrogen and oxygen atoms in total. The molecule has 0 radical (unpaired) electrons. The lowest BCUT2D eigenvalue weighted by molar-refractivity contribution is 0.0938. The topological polar surface area (TPSA) is 82.7 Å². The maximum absolute atomic E-state index is 11.7. The van der Waals surface area contributed by atoms with Crippen molar-refractivity contribution < 1.29 is 4.79 Å². The minimum Gasteiger partial charge on any atom is -0.349 e. The molecular weight excluding hydrogens is 218 g/mol. The number of aromatic amines is 1. The first kappa shape index (κ1) is 12.0. The van der Waals surface area contributed by atoms with Crippen molar-refractivity contribution >= 4 is 5.91 Å². The van der Waals surface area contributed by atoms with E-state index in [-0.39, 0.29) is 11.7 Å². The third-order valence-electron chi connectivity index (χ3n) is 2.83. The highest BCUT2D eigenvalue weighted by molar-refractivity contribution is 5.90. The molecule has 1 aromatic rings. The van der Waals surface area contributed by atoms with Crippen LogP contribution in [0.1, 0.15) is 42.1 Å². The Morgan fingerprint density at radius 3 is 2.94 bits per heavy atom. The fraction of sp³-hybridized carbons (Fsp3) is 0.727. The van der Waals surface area contributed by atoms with Crippen molar-refractivity contribution in [2.24, 2.45) is 5.92 Å². The molecule has 17 heavy (non-hydrogen) atoms. The predicted octanol–water partition coefficient (Wildman–Crippen LogP) is 0.267. The van der Waals surface area contributed by atoms with Crippen LogP contribution >= 0.6 is 0 Å². The number of rotatable bonds is 6. The Bertz CT molecular complexity index is 385. The fourth-order valence-corrected chi connectivity index (χ4v) is 1.68. The van der Waals surface area contributed by atoms with E-state index in [0.29, 0.717) is 18.4 Å². The lowest BCUT2D eigenvalue weighted by Crippen LogP contribution is -2.32. The molecule has 2 rings (SSSR count). The van der Waals surface area contributed by atoms with Crippen LogP contribution in [-0.2, 0) is 0 Å². The molecule has 94 valence electrons. The van der Waals surface area contributed by atoms with Gasteiger partial charge in [-0.15, -0.1) is 5.10 Å². The fourth-order valence-electron chi connectivity index (χ4n) is 1.68. The van der Waals surface area contributed by atoms with Crippen molar-refractivity contribution in [2.45, 2.75) is 25.7 Å². The second kappa shape index (κ2) is 5.27. The normalized spacial score (nSPS) is 16.8. The Morgan fingerprint density at radius 2 is 2.29 bits per heavy atom. The van der Waals surface area contributed by atoms with Crippen molar-refractivity contribution in [3.63, 3.8) is 0 Å². The molecule has 1 saturated carbocycles. The van der Waals surface area contributed by atoms with Gasteiger partial charge in [0.1, 0.15) is 5.82 Å². The lowest BCUT2D eigenvalue weighted by Gasteiger charge is -2.10. The Morgan fingerprint density at radius 1 is 1.53 bits per heavy atom. The smallest absolute Gasteiger partial charge is 0.290 e. The van der Waals surface area contributed by atoms with Crippen molar-refractivity contribution in [3.05, 3.63) is 11.6 Å². The third-order valence-corrected chi connectivity index (χ3v) is 2.83. The average molecular weight is 237 g/mol. The highest BCUT2D eigenvalue weighted by Crippen LogP contribution is 2.37. The summed E-state index contributed by atoms with van der Waals surface area (Å²) in [5.74, 6) is 1.79. The summed E-state index contributed by atoms with van der Waals surface area (Å²) in [6.07, 6.45) is 2.30. The minimum absolute atomic E-state index is 0.198. The number of aromatic nitrogens is 3. The maximum atomic E-state index is 11.7. The van der Waals surface area contributed by atoms with Crippen LogP contribution < -0.4 is 10.6 Å². The van der Waals surface area contributed by atoms with Crippen LogP contribution in [0, 0.1) is 5.92 Å². The van der Waals surface area contributed by atoms with Gasteiger partial charge in [-0.05, 0) is 32.4 Å². The van der Waals surface area contributed by atoms with Crippen molar-refractivity contribution in [1.29, 1.82) is 0 Å². The zero-order valence-corrected chi connectivity index (χ0v) is 10.3. The van der Waals surface area contributed by atoms with E-state index in [1.165, 1.54) is 0 Å². The third kappa shape index (κ3) is 3.26. The van der Waals surface area contributed by atoms with Crippen molar-refractivity contribution in [1.82, 2.24) is 25.8 Å². The van der Waals surface area contributed by atoms with E-state index >= 15 is 0 Å². The molecule has 0 saturated heterocycles. The number of H-pyrrole nitrogens is 1. The first-order valence-electron chi connectivity index (χ1n) is 6.05. The first-order valence-corrected chi connectivity index (χ1v) is 6.05. The summed E-state index contributed by atoms with van der Waals surface area (Å²) in [4.78, 5) is 15.9. The van der Waals surface area contributed by atoms with Crippen LogP contribution in [0.15, 0.2) is 0 Å². The second-order valence-electron chi connectivity index (χ2n) is 4.69. The van der Waals surface area contributed by atoms with Crippen LogP contribution in [-0.4, -0.2) is 41.2 Å². The highest BCUT2D eigenvalue weighted by atomic mass is 16.2. The molecule has 1 aromatic heterocycles. The van der Waals surface area contributed by atoms with E-state index in [2.05, 4.69) is 32.7 Å². The Labute approximate surface area is 101 Å². The number of hydrogen-bond acceptors (Lipinski definition) is 4. The molecule has 6 heteroatoms. The number of nitrogens with one attached hydrogen (secondary N) is 3. The number of hydrogen-bond donors (Lipinski definition) is 3. The molecule has 3 N–H and O–H groups in total. The lowest BCUT2D eigenvalue weighted by atomic mass is 10.2. The maximum Gasteiger partial charge on any atom is 0.290 e. The van der Waals surface area contributed by atoms with E-state index in [9.17, 15) is 4.79 Å². The van der Waals surface area contributed by atoms with Crippen LogP contribution in [0.2, 0.25) is 0 Å². The quantitative estimate of drug-likeness (QED) is 0.663. The summed E-state index contributed by atoms with van der Waals surface area (Å²) in [7, 11) is 1.90. The summed E-state index contributed by atoms with van der Waals surface area (Å²) in [6, 6.07) is 0. The Balaban J connectivity index is 1.81. The van der Waals surface area contributed by atoms with E-state index in [4.69, 9.17) is 0 Å². The average Bonchev–Trinajstić information content (AvgIpc) is 3.05. The molecule has 1 aliphatic rings. The zero-order chi connectivity index (χ0) is 12.3. The molecule has 1 atom stereocenters. The standard InChI is InChI=1S/C11H19N5O/c1-7(5-12-2)6-13-11(17)10-14-9(15-16-10)8-3-4-8/h7-8,12H,3-6H2,1-2H3,(H,13,17)(H,14,15,16). The number of carbonyl (C=O) groups is 1. The number of nitrogens with zero attached hydrogens (tertiary/aromatic N) is 2. The molecule has 1 amide bonds. The summed E-state index contributed by atoms with van der Waals surface area (Å²) < 4.78 is 0. The molecule has 1 fully saturated rings. The van der Waals surface area contributed by atoms with Gasteiger partial charge in [-0.2, -0.15) is 0 Å². The molecule has 1 unspecified atom stereocenters. The largest absolute Gasteiger partial charge is 0.349 e. The summed E-state index contributed by atoms with van der Waals surface area (Å²) in [5, 5.41) is 12.7. The number of carbonyl (C=O) groups excluding carboxylic acids is 1. The molecule has 1 aliphatic carbocycles. The molecule has 0 aromatic carbocycles. The molecule has 0 bridgehead atoms. The van der Waals surface area contributed by atoms with Gasteiger partial charge in [0.15, 0.2) is 0 Å². The van der Waals surface area contributed by atoms with Gasteiger partial charge < -0.3 is 10.6 Å². The molecule has 1 heterocycles. The summed E-state index contributed by atoms with van der Waals surface area (Å²) in [6.45, 7) is 3.58. The van der Waals surface area contributed by atoms with Gasteiger partial charge in [-0.25, -0.2) is 4.98 Å². The van der Waals surface area contributed by atoms with Crippen LogP contribution in [0.4, 0.5) is 0 Å². The first-order chi connectivity index (χ1) is 8.20. The molecule has 0 aliphatic heterocycles. The Kier molecular flexibility index (Phi) is 3.73. The predicted molar refractivity (Wildman–Crippen MR) is 63.8 cm³/mol. The second-order valence-corrected chi connectivity index (χ2v) is 4.69. The Hall–Kier alpha value is -1.43. The minimum atomic E-state index is -0.198. The van der Waals surface area contributed by atoms with Crippen molar-refractivity contribution in [2.75, 3.05) is 20.1 Å². The number of amides is 1. The van der Waals surface area contributed by atoms with Gasteiger partial charge in [0.2, 0.25) is 5.82 Å². The zero-order valence-electron chi connectivity index (χ0n) is 10.3. The summed E-state index contributed by atoms with van der Waals surface area (Å²) >= 11 is 0. The van der Waals surface area contributed by atoms with E-state index in [1.807, 2.05) is 7.05 Å². The van der Waals surface area contributed by atoms with Gasteiger partial charge >= 0.3 is 0 Å². The van der Waals surface area contributed by atoms with Crippen LogP contribution in [0.5, 0.6) is 0 Å². The van der Waals surface area contributed by atoms with Gasteiger partial charge in [0.05, 0.1) is 0 Å². The van der Waals surface area contributed by atoms with Crippen LogP contribution in [0.25, 0.3) is 0 Å². The summed E-state index contributed by atoms with van der Waals surface area (Å²) in [5.41, 5.74) is 0. The SMILES string of the molecule is CNCC(C)CNC(=O)c1n[nH]c(C2CC2)n1. The van der Waals surface area contributed by atoms with Gasteiger partial charge in [0, 0.05) is 12.5 Å². The van der Waals surface area contributed by atoms with Gasteiger partial charge in [-0.3, -0.25) is 9.89 Å². The van der Waals surface area contributed by atoms with E-state index in [0.717, 1.165) is 25.2 Å².